The molecule has 1 amide bonds. The fourth-order valence-electron chi connectivity index (χ4n) is 1.37. The summed E-state index contributed by atoms with van der Waals surface area (Å²) in [6.07, 6.45) is 3.65. The number of aryl methyl sites for hydroxylation is 1. The maximum atomic E-state index is 11.0. The second-order valence-corrected chi connectivity index (χ2v) is 4.68. The zero-order valence-electron chi connectivity index (χ0n) is 9.25. The lowest BCUT2D eigenvalue weighted by Gasteiger charge is -2.04. The van der Waals surface area contributed by atoms with Gasteiger partial charge in [-0.05, 0) is 18.2 Å². The monoisotopic (exact) mass is 248 g/mol. The van der Waals surface area contributed by atoms with Gasteiger partial charge in [-0.1, -0.05) is 11.8 Å². The van der Waals surface area contributed by atoms with Crippen molar-refractivity contribution >= 4 is 23.4 Å². The van der Waals surface area contributed by atoms with Gasteiger partial charge in [0.05, 0.1) is 11.1 Å². The van der Waals surface area contributed by atoms with Crippen LogP contribution >= 0.6 is 11.8 Å². The molecule has 0 aliphatic rings. The number of benzene rings is 1. The van der Waals surface area contributed by atoms with Crippen molar-refractivity contribution in [3.63, 3.8) is 0 Å². The van der Waals surface area contributed by atoms with E-state index in [2.05, 4.69) is 5.10 Å². The first-order valence-electron chi connectivity index (χ1n) is 4.92. The molecule has 0 radical (unpaired) electrons. The average Bonchev–Trinajstić information content (AvgIpc) is 2.67. The normalized spacial score (nSPS) is 10.4. The molecule has 0 aliphatic carbocycles. The van der Waals surface area contributed by atoms with Gasteiger partial charge in [0, 0.05) is 29.4 Å². The molecule has 2 rings (SSSR count). The molecule has 1 aromatic carbocycles. The Hall–Kier alpha value is -1.95. The Kier molecular flexibility index (Phi) is 3.06. The highest BCUT2D eigenvalue weighted by molar-refractivity contribution is 7.99. The van der Waals surface area contributed by atoms with Crippen LogP contribution in [0.1, 0.15) is 10.4 Å². The summed E-state index contributed by atoms with van der Waals surface area (Å²) in [5, 5.41) is 4.07. The van der Waals surface area contributed by atoms with E-state index in [1.807, 2.05) is 13.2 Å². The van der Waals surface area contributed by atoms with Crippen LogP contribution in [-0.4, -0.2) is 15.7 Å². The number of hydrogen-bond donors (Lipinski definition) is 2. The minimum absolute atomic E-state index is 0.415. The summed E-state index contributed by atoms with van der Waals surface area (Å²) in [4.78, 5) is 12.8. The first kappa shape index (κ1) is 11.5. The van der Waals surface area contributed by atoms with E-state index in [-0.39, 0.29) is 0 Å². The van der Waals surface area contributed by atoms with Crippen molar-refractivity contribution < 1.29 is 4.79 Å². The molecule has 0 fully saturated rings. The average molecular weight is 248 g/mol. The molecule has 5 nitrogen and oxygen atoms in total. The van der Waals surface area contributed by atoms with Crippen molar-refractivity contribution in [2.75, 3.05) is 5.73 Å². The lowest BCUT2D eigenvalue weighted by molar-refractivity contribution is 0.100. The smallest absolute Gasteiger partial charge is 0.248 e. The predicted octanol–water partition coefficient (Wildman–Crippen LogP) is 1.25. The van der Waals surface area contributed by atoms with Crippen molar-refractivity contribution in [1.82, 2.24) is 9.78 Å². The Balaban J connectivity index is 2.25. The van der Waals surface area contributed by atoms with E-state index >= 15 is 0 Å². The molecule has 1 heterocycles. The summed E-state index contributed by atoms with van der Waals surface area (Å²) in [5.41, 5.74) is 12.0. The Morgan fingerprint density at radius 3 is 2.76 bits per heavy atom. The van der Waals surface area contributed by atoms with Gasteiger partial charge in [0.25, 0.3) is 0 Å². The van der Waals surface area contributed by atoms with Crippen LogP contribution < -0.4 is 11.5 Å². The number of nitrogens with two attached hydrogens (primary N) is 2. The van der Waals surface area contributed by atoms with Gasteiger partial charge < -0.3 is 11.5 Å². The first-order valence-corrected chi connectivity index (χ1v) is 5.74. The molecule has 0 saturated carbocycles. The zero-order chi connectivity index (χ0) is 12.4. The highest BCUT2D eigenvalue weighted by atomic mass is 32.2. The first-order chi connectivity index (χ1) is 8.06. The molecule has 0 aliphatic heterocycles. The lowest BCUT2D eigenvalue weighted by atomic mass is 10.2. The maximum absolute atomic E-state index is 11.0. The van der Waals surface area contributed by atoms with Gasteiger partial charge in [-0.2, -0.15) is 5.10 Å². The summed E-state index contributed by atoms with van der Waals surface area (Å²) in [6.45, 7) is 0. The van der Waals surface area contributed by atoms with Gasteiger partial charge in [-0.15, -0.1) is 0 Å². The van der Waals surface area contributed by atoms with Crippen LogP contribution in [0.15, 0.2) is 40.4 Å². The standard InChI is InChI=1S/C11H12N4OS/c1-15-6-8(5-14-15)17-10-3-2-7(11(13)16)4-9(10)12/h2-6H,12H2,1H3,(H2,13,16). The predicted molar refractivity (Wildman–Crippen MR) is 66.7 cm³/mol. The van der Waals surface area contributed by atoms with Gasteiger partial charge >= 0.3 is 0 Å². The maximum Gasteiger partial charge on any atom is 0.248 e. The SMILES string of the molecule is Cn1cc(Sc2ccc(C(N)=O)cc2N)cn1. The Morgan fingerprint density at radius 1 is 1.47 bits per heavy atom. The van der Waals surface area contributed by atoms with E-state index in [1.165, 1.54) is 11.8 Å². The molecule has 4 N–H and O–H groups in total. The van der Waals surface area contributed by atoms with Gasteiger partial charge in [-0.25, -0.2) is 0 Å². The third-order valence-corrected chi connectivity index (χ3v) is 3.24. The highest BCUT2D eigenvalue weighted by Gasteiger charge is 2.07. The minimum atomic E-state index is -0.477. The van der Waals surface area contributed by atoms with Crippen molar-refractivity contribution in [2.24, 2.45) is 12.8 Å². The number of hydrogen-bond acceptors (Lipinski definition) is 4. The number of nitrogens with zero attached hydrogens (tertiary/aromatic N) is 2. The number of primary amides is 1. The van der Waals surface area contributed by atoms with Crippen LogP contribution in [0.4, 0.5) is 5.69 Å². The van der Waals surface area contributed by atoms with Crippen LogP contribution in [0.2, 0.25) is 0 Å². The van der Waals surface area contributed by atoms with Crippen LogP contribution in [0.3, 0.4) is 0 Å². The van der Waals surface area contributed by atoms with E-state index in [9.17, 15) is 4.79 Å². The van der Waals surface area contributed by atoms with Crippen molar-refractivity contribution in [2.45, 2.75) is 9.79 Å². The van der Waals surface area contributed by atoms with Crippen molar-refractivity contribution in [1.29, 1.82) is 0 Å². The minimum Gasteiger partial charge on any atom is -0.398 e. The molecule has 17 heavy (non-hydrogen) atoms. The number of amides is 1. The van der Waals surface area contributed by atoms with Crippen molar-refractivity contribution in [3.05, 3.63) is 36.2 Å². The van der Waals surface area contributed by atoms with E-state index < -0.39 is 5.91 Å². The summed E-state index contributed by atoms with van der Waals surface area (Å²) in [5.74, 6) is -0.477. The molecule has 88 valence electrons. The quantitative estimate of drug-likeness (QED) is 0.800. The molecule has 1 aromatic heterocycles. The third kappa shape index (κ3) is 2.59. The zero-order valence-corrected chi connectivity index (χ0v) is 10.1. The van der Waals surface area contributed by atoms with Crippen molar-refractivity contribution in [3.8, 4) is 0 Å². The third-order valence-electron chi connectivity index (χ3n) is 2.20. The fraction of sp³-hybridized carbons (Fsp3) is 0.0909. The second kappa shape index (κ2) is 4.50. The topological polar surface area (TPSA) is 86.9 Å². The van der Waals surface area contributed by atoms with Crippen LogP contribution in [-0.2, 0) is 7.05 Å². The number of carbonyl (C=O) groups excluding carboxylic acids is 1. The Bertz CT molecular complexity index is 564. The molecule has 0 atom stereocenters. The van der Waals surface area contributed by atoms with Gasteiger partial charge in [0.2, 0.25) is 5.91 Å². The molecular weight excluding hydrogens is 236 g/mol. The molecule has 2 aromatic rings. The molecule has 0 spiro atoms. The number of carbonyl (C=O) groups is 1. The summed E-state index contributed by atoms with van der Waals surface area (Å²) in [6, 6.07) is 5.03. The van der Waals surface area contributed by atoms with E-state index in [1.54, 1.807) is 29.1 Å². The second-order valence-electron chi connectivity index (χ2n) is 3.57. The molecular formula is C11H12N4OS. The Morgan fingerprint density at radius 2 is 2.24 bits per heavy atom. The molecule has 0 unspecified atom stereocenters. The number of aromatic nitrogens is 2. The van der Waals surface area contributed by atoms with Gasteiger partial charge in [-0.3, -0.25) is 9.48 Å². The van der Waals surface area contributed by atoms with E-state index in [0.29, 0.717) is 11.3 Å². The van der Waals surface area contributed by atoms with E-state index in [0.717, 1.165) is 9.79 Å². The number of anilines is 1. The van der Waals surface area contributed by atoms with Crippen LogP contribution in [0.25, 0.3) is 0 Å². The molecule has 0 bridgehead atoms. The lowest BCUT2D eigenvalue weighted by Crippen LogP contribution is -2.11. The van der Waals surface area contributed by atoms with E-state index in [4.69, 9.17) is 11.5 Å². The molecule has 0 saturated heterocycles. The van der Waals surface area contributed by atoms with Gasteiger partial charge in [0.1, 0.15) is 0 Å². The summed E-state index contributed by atoms with van der Waals surface area (Å²) in [7, 11) is 1.85. The van der Waals surface area contributed by atoms with Crippen LogP contribution in [0.5, 0.6) is 0 Å². The van der Waals surface area contributed by atoms with Crippen LogP contribution in [0, 0.1) is 0 Å². The fourth-order valence-corrected chi connectivity index (χ4v) is 2.25. The number of nitrogen functional groups attached to an aromatic ring is 1. The van der Waals surface area contributed by atoms with Gasteiger partial charge in [0.15, 0.2) is 0 Å². The Labute approximate surface area is 103 Å². The molecule has 6 heteroatoms. The highest BCUT2D eigenvalue weighted by Crippen LogP contribution is 2.32. The summed E-state index contributed by atoms with van der Waals surface area (Å²) >= 11 is 1.50. The number of rotatable bonds is 3. The largest absolute Gasteiger partial charge is 0.398 e. The summed E-state index contributed by atoms with van der Waals surface area (Å²) < 4.78 is 1.72.